The average Bonchev–Trinajstić information content (AvgIpc) is 2.67. The van der Waals surface area contributed by atoms with Crippen molar-refractivity contribution in [2.45, 2.75) is 118 Å². The van der Waals surface area contributed by atoms with Gasteiger partial charge in [-0.1, -0.05) is 0 Å². The van der Waals surface area contributed by atoms with Crippen LogP contribution >= 0.6 is 0 Å². The van der Waals surface area contributed by atoms with E-state index in [0.29, 0.717) is 0 Å². The molecule has 1 heterocycles. The Labute approximate surface area is 186 Å². The van der Waals surface area contributed by atoms with Crippen LogP contribution in [-0.2, 0) is 10.8 Å². The molecule has 0 atom stereocenters. The van der Waals surface area contributed by atoms with Crippen molar-refractivity contribution in [1.82, 2.24) is 9.97 Å². The van der Waals surface area contributed by atoms with E-state index in [4.69, 9.17) is 9.41 Å². The van der Waals surface area contributed by atoms with Gasteiger partial charge in [-0.2, -0.15) is 0 Å². The number of unbranched alkanes of at least 4 members (excludes halogenated alkanes) is 3. The molecule has 0 radical (unpaired) electrons. The van der Waals surface area contributed by atoms with Crippen molar-refractivity contribution in [3.63, 3.8) is 0 Å². The van der Waals surface area contributed by atoms with Gasteiger partial charge in [-0.25, -0.2) is 0 Å². The summed E-state index contributed by atoms with van der Waals surface area (Å²) in [5, 5.41) is 0.260. The van der Waals surface area contributed by atoms with E-state index in [9.17, 15) is 0 Å². The fourth-order valence-electron chi connectivity index (χ4n) is 3.76. The summed E-state index contributed by atoms with van der Waals surface area (Å²) < 4.78 is 12.3. The van der Waals surface area contributed by atoms with E-state index in [0.717, 1.165) is 13.0 Å². The molecule has 29 heavy (non-hydrogen) atoms. The molecule has 5 heteroatoms. The number of hydrogen-bond acceptors (Lipinski definition) is 3. The van der Waals surface area contributed by atoms with Crippen molar-refractivity contribution < 1.29 is 4.43 Å². The predicted octanol–water partition coefficient (Wildman–Crippen LogP) is 7.10. The Bertz CT molecular complexity index is 565. The minimum atomic E-state index is -2.46. The van der Waals surface area contributed by atoms with Crippen molar-refractivity contribution in [3.05, 3.63) is 18.1 Å². The van der Waals surface area contributed by atoms with Gasteiger partial charge in [0, 0.05) is 0 Å². The molecule has 0 aromatic carbocycles. The SMILES string of the molecule is CCC[CH2][Sn]([CH2]CCC)([CH2]CCC)[c]1cc(CCO[Si](C)(C)C(C)(C)C)ncn1. The second-order valence-electron chi connectivity index (χ2n) is 10.3. The van der Waals surface area contributed by atoms with E-state index in [-0.39, 0.29) is 5.04 Å². The summed E-state index contributed by atoms with van der Waals surface area (Å²) in [6.45, 7) is 19.4. The molecule has 0 amide bonds. The molecule has 3 nitrogen and oxygen atoms in total. The Hall–Kier alpha value is 0.0556. The van der Waals surface area contributed by atoms with Gasteiger partial charge in [-0.3, -0.25) is 0 Å². The van der Waals surface area contributed by atoms with Crippen molar-refractivity contribution in [3.8, 4) is 0 Å². The van der Waals surface area contributed by atoms with Gasteiger partial charge in [0.25, 0.3) is 0 Å². The quantitative estimate of drug-likeness (QED) is 0.242. The first-order valence-electron chi connectivity index (χ1n) is 12.1. The summed E-state index contributed by atoms with van der Waals surface area (Å²) in [4.78, 5) is 9.55. The zero-order valence-electron chi connectivity index (χ0n) is 20.7. The molecule has 0 unspecified atom stereocenters. The predicted molar refractivity (Wildman–Crippen MR) is 133 cm³/mol. The first-order valence-corrected chi connectivity index (χ1v) is 22.5. The van der Waals surface area contributed by atoms with Gasteiger partial charge in [0.1, 0.15) is 0 Å². The van der Waals surface area contributed by atoms with Crippen LogP contribution in [0.2, 0.25) is 31.4 Å². The van der Waals surface area contributed by atoms with Gasteiger partial charge in [-0.05, 0) is 0 Å². The Morgan fingerprint density at radius 2 is 1.41 bits per heavy atom. The van der Waals surface area contributed by atoms with Crippen LogP contribution in [0.3, 0.4) is 0 Å². The number of nitrogens with zero attached hydrogens (tertiary/aromatic N) is 2. The molecule has 0 saturated heterocycles. The van der Waals surface area contributed by atoms with Crippen LogP contribution in [0.25, 0.3) is 0 Å². The molecule has 0 aliphatic heterocycles. The molecule has 0 bridgehead atoms. The molecule has 0 spiro atoms. The van der Waals surface area contributed by atoms with E-state index in [2.05, 4.69) is 65.7 Å². The van der Waals surface area contributed by atoms with Crippen LogP contribution in [0.1, 0.15) is 85.8 Å². The summed E-state index contributed by atoms with van der Waals surface area (Å²) in [7, 11) is -1.69. The Balaban J connectivity index is 3.00. The Morgan fingerprint density at radius 3 is 1.86 bits per heavy atom. The van der Waals surface area contributed by atoms with Crippen LogP contribution in [0.5, 0.6) is 0 Å². The third kappa shape index (κ3) is 8.60. The normalized spacial score (nSPS) is 13.1. The van der Waals surface area contributed by atoms with Gasteiger partial charge in [0.15, 0.2) is 0 Å². The maximum absolute atomic E-state index is 6.41. The molecular formula is C24H48N2OSiSn. The summed E-state index contributed by atoms with van der Waals surface area (Å²) in [6, 6.07) is 2.39. The minimum absolute atomic E-state index is 0.260. The zero-order chi connectivity index (χ0) is 22.0. The van der Waals surface area contributed by atoms with E-state index in [1.54, 1.807) is 0 Å². The molecule has 1 rings (SSSR count). The van der Waals surface area contributed by atoms with Gasteiger partial charge in [-0.15, -0.1) is 0 Å². The van der Waals surface area contributed by atoms with Crippen molar-refractivity contribution in [2.24, 2.45) is 0 Å². The second kappa shape index (κ2) is 12.8. The van der Waals surface area contributed by atoms with Crippen LogP contribution < -0.4 is 3.71 Å². The molecule has 0 aliphatic rings. The van der Waals surface area contributed by atoms with Crippen LogP contribution in [0.15, 0.2) is 12.4 Å². The van der Waals surface area contributed by atoms with Crippen molar-refractivity contribution in [1.29, 1.82) is 0 Å². The van der Waals surface area contributed by atoms with Crippen molar-refractivity contribution >= 4 is 30.4 Å². The van der Waals surface area contributed by atoms with Gasteiger partial charge >= 0.3 is 187 Å². The topological polar surface area (TPSA) is 35.0 Å². The molecular weight excluding hydrogens is 479 g/mol. The summed E-state index contributed by atoms with van der Waals surface area (Å²) in [5.41, 5.74) is 1.19. The molecule has 1 aromatic heterocycles. The summed E-state index contributed by atoms with van der Waals surface area (Å²) >= 11 is -2.46. The van der Waals surface area contributed by atoms with Gasteiger partial charge in [0.2, 0.25) is 0 Å². The van der Waals surface area contributed by atoms with E-state index >= 15 is 0 Å². The zero-order valence-corrected chi connectivity index (χ0v) is 24.6. The Kier molecular flexibility index (Phi) is 12.0. The standard InChI is InChI=1S/C12H21N2OSi.3C4H9.Sn/c1-12(2,3)16(4,5)15-9-7-11-6-8-13-10-14-11;3*1-3-4-2;/h6,10H,7,9H2,1-5H3;3*1,3-4H2,2H3;. The number of aromatic nitrogens is 2. The fraction of sp³-hybridized carbons (Fsp3) is 0.833. The third-order valence-corrected chi connectivity index (χ3v) is 26.6. The molecule has 168 valence electrons. The molecule has 0 fully saturated rings. The van der Waals surface area contributed by atoms with Gasteiger partial charge in [0.05, 0.1) is 0 Å². The van der Waals surface area contributed by atoms with Crippen LogP contribution in [0.4, 0.5) is 0 Å². The van der Waals surface area contributed by atoms with Crippen molar-refractivity contribution in [2.75, 3.05) is 6.61 Å². The second-order valence-corrected chi connectivity index (χ2v) is 28.2. The number of rotatable bonds is 14. The maximum atomic E-state index is 6.41. The average molecular weight is 527 g/mol. The van der Waals surface area contributed by atoms with E-state index in [1.807, 2.05) is 6.33 Å². The number of hydrogen-bond donors (Lipinski definition) is 0. The molecule has 1 aromatic rings. The Morgan fingerprint density at radius 1 is 0.897 bits per heavy atom. The molecule has 0 N–H and O–H groups in total. The van der Waals surface area contributed by atoms with Gasteiger partial charge < -0.3 is 0 Å². The summed E-state index contributed by atoms with van der Waals surface area (Å²) in [6.07, 6.45) is 10.8. The first-order chi connectivity index (χ1) is 13.6. The van der Waals surface area contributed by atoms with Crippen LogP contribution in [0, 0.1) is 0 Å². The van der Waals surface area contributed by atoms with Crippen LogP contribution in [-0.4, -0.2) is 43.3 Å². The van der Waals surface area contributed by atoms with E-state index < -0.39 is 26.7 Å². The fourth-order valence-corrected chi connectivity index (χ4v) is 20.3. The summed E-state index contributed by atoms with van der Waals surface area (Å²) in [5.74, 6) is 0. The third-order valence-electron chi connectivity index (χ3n) is 6.92. The molecule has 0 aliphatic carbocycles. The molecule has 0 saturated carbocycles. The monoisotopic (exact) mass is 528 g/mol. The van der Waals surface area contributed by atoms with E-state index in [1.165, 1.54) is 61.2 Å². The first kappa shape index (κ1) is 27.1.